The number of rotatable bonds is 55. The van der Waals surface area contributed by atoms with Crippen molar-refractivity contribution in [2.45, 2.75) is 271 Å². The number of unbranched alkanes of at least 4 members (excludes halogenated alkanes) is 20. The molecule has 0 aliphatic rings. The minimum Gasteiger partial charge on any atom is -0.462 e. The average molecular weight is 1060 g/mol. The summed E-state index contributed by atoms with van der Waals surface area (Å²) in [6.07, 6.45) is 91.3. The Morgan fingerprint density at radius 2 is 0.506 bits per heavy atom. The van der Waals surface area contributed by atoms with Crippen LogP contribution in [-0.2, 0) is 28.6 Å². The van der Waals surface area contributed by atoms with Crippen molar-refractivity contribution in [1.29, 1.82) is 0 Å². The zero-order valence-corrected chi connectivity index (χ0v) is 49.7. The van der Waals surface area contributed by atoms with E-state index < -0.39 is 6.10 Å². The van der Waals surface area contributed by atoms with Gasteiger partial charge in [0.05, 0.1) is 0 Å². The van der Waals surface area contributed by atoms with Crippen LogP contribution in [0.15, 0.2) is 146 Å². The first-order valence-electron chi connectivity index (χ1n) is 31.3. The highest BCUT2D eigenvalue weighted by molar-refractivity contribution is 5.71. The fraction of sp³-hybridized carbons (Fsp3) is 0.620. The van der Waals surface area contributed by atoms with Gasteiger partial charge in [-0.15, -0.1) is 0 Å². The van der Waals surface area contributed by atoms with E-state index in [0.29, 0.717) is 19.3 Å². The molecule has 0 amide bonds. The van der Waals surface area contributed by atoms with Crippen LogP contribution >= 0.6 is 0 Å². The summed E-state index contributed by atoms with van der Waals surface area (Å²) in [6.45, 7) is 6.35. The van der Waals surface area contributed by atoms with Crippen LogP contribution in [0.4, 0.5) is 0 Å². The van der Waals surface area contributed by atoms with E-state index in [2.05, 4.69) is 167 Å². The van der Waals surface area contributed by atoms with Gasteiger partial charge >= 0.3 is 17.9 Å². The van der Waals surface area contributed by atoms with E-state index in [0.717, 1.165) is 161 Å². The fourth-order valence-electron chi connectivity index (χ4n) is 8.17. The van der Waals surface area contributed by atoms with Gasteiger partial charge in [0.2, 0.25) is 0 Å². The number of carbonyl (C=O) groups excluding carboxylic acids is 3. The maximum Gasteiger partial charge on any atom is 0.306 e. The van der Waals surface area contributed by atoms with Crippen LogP contribution in [0.3, 0.4) is 0 Å². The van der Waals surface area contributed by atoms with E-state index in [-0.39, 0.29) is 31.1 Å². The number of esters is 3. The molecule has 0 N–H and O–H groups in total. The minimum absolute atomic E-state index is 0.106. The van der Waals surface area contributed by atoms with Crippen LogP contribution in [0.5, 0.6) is 0 Å². The van der Waals surface area contributed by atoms with Crippen LogP contribution < -0.4 is 0 Å². The van der Waals surface area contributed by atoms with Gasteiger partial charge in [-0.05, 0) is 141 Å². The Hall–Kier alpha value is -4.71. The highest BCUT2D eigenvalue weighted by Gasteiger charge is 2.19. The van der Waals surface area contributed by atoms with E-state index in [9.17, 15) is 14.4 Å². The van der Waals surface area contributed by atoms with Crippen molar-refractivity contribution in [2.24, 2.45) is 0 Å². The molecule has 0 aromatic rings. The van der Waals surface area contributed by atoms with Gasteiger partial charge in [-0.1, -0.05) is 250 Å². The normalized spacial score (nSPS) is 13.1. The molecule has 0 bridgehead atoms. The lowest BCUT2D eigenvalue weighted by atomic mass is 10.1. The van der Waals surface area contributed by atoms with E-state index in [1.165, 1.54) is 64.2 Å². The topological polar surface area (TPSA) is 78.9 Å². The summed E-state index contributed by atoms with van der Waals surface area (Å²) in [7, 11) is 0. The lowest BCUT2D eigenvalue weighted by Crippen LogP contribution is -2.30. The number of carbonyl (C=O) groups is 3. The molecular weight excluding hydrogens is 949 g/mol. The van der Waals surface area contributed by atoms with Gasteiger partial charge in [0.15, 0.2) is 6.10 Å². The summed E-state index contributed by atoms with van der Waals surface area (Å²) in [6, 6.07) is 0. The van der Waals surface area contributed by atoms with Crippen molar-refractivity contribution in [1.82, 2.24) is 0 Å². The van der Waals surface area contributed by atoms with Gasteiger partial charge in [0.25, 0.3) is 0 Å². The Bertz CT molecular complexity index is 1700. The van der Waals surface area contributed by atoms with Gasteiger partial charge in [0.1, 0.15) is 13.2 Å². The predicted octanol–water partition coefficient (Wildman–Crippen LogP) is 21.5. The second-order valence-corrected chi connectivity index (χ2v) is 20.2. The molecule has 434 valence electrons. The van der Waals surface area contributed by atoms with Crippen molar-refractivity contribution in [3.05, 3.63) is 146 Å². The lowest BCUT2D eigenvalue weighted by Gasteiger charge is -2.18. The minimum atomic E-state index is -0.811. The van der Waals surface area contributed by atoms with Crippen LogP contribution in [0.25, 0.3) is 0 Å². The largest absolute Gasteiger partial charge is 0.462 e. The van der Waals surface area contributed by atoms with E-state index in [1.54, 1.807) is 0 Å². The van der Waals surface area contributed by atoms with Crippen LogP contribution in [0.1, 0.15) is 265 Å². The smallest absolute Gasteiger partial charge is 0.306 e. The Balaban J connectivity index is 4.45. The van der Waals surface area contributed by atoms with Gasteiger partial charge < -0.3 is 14.2 Å². The van der Waals surface area contributed by atoms with Crippen molar-refractivity contribution in [3.63, 3.8) is 0 Å². The molecule has 77 heavy (non-hydrogen) atoms. The molecule has 0 radical (unpaired) electrons. The summed E-state index contributed by atoms with van der Waals surface area (Å²) in [4.78, 5) is 38.3. The molecule has 0 saturated heterocycles. The molecule has 6 nitrogen and oxygen atoms in total. The molecule has 1 atom stereocenters. The van der Waals surface area contributed by atoms with Gasteiger partial charge in [-0.3, -0.25) is 14.4 Å². The van der Waals surface area contributed by atoms with Gasteiger partial charge in [0, 0.05) is 19.3 Å². The third-order valence-corrected chi connectivity index (χ3v) is 12.8. The number of hydrogen-bond donors (Lipinski definition) is 0. The van der Waals surface area contributed by atoms with Crippen LogP contribution in [0, 0.1) is 0 Å². The van der Waals surface area contributed by atoms with Crippen molar-refractivity contribution in [2.75, 3.05) is 13.2 Å². The summed E-state index contributed by atoms with van der Waals surface area (Å²) < 4.78 is 16.9. The van der Waals surface area contributed by atoms with Crippen LogP contribution in [0.2, 0.25) is 0 Å². The molecule has 1 unspecified atom stereocenters. The third kappa shape index (κ3) is 62.0. The highest BCUT2D eigenvalue weighted by Crippen LogP contribution is 2.14. The maximum absolute atomic E-state index is 12.9. The van der Waals surface area contributed by atoms with E-state index in [4.69, 9.17) is 14.2 Å². The predicted molar refractivity (Wildman–Crippen MR) is 334 cm³/mol. The molecule has 0 aromatic carbocycles. The Labute approximate surface area is 474 Å². The van der Waals surface area contributed by atoms with E-state index in [1.807, 2.05) is 0 Å². The second-order valence-electron chi connectivity index (χ2n) is 20.2. The fourth-order valence-corrected chi connectivity index (χ4v) is 8.17. The standard InChI is InChI=1S/C71H114O6/c1-4-7-10-13-16-19-22-25-27-29-31-33-34-35-36-38-39-41-43-46-49-52-55-58-61-64-70(73)76-67-68(66-75-69(72)63-60-57-54-51-48-45-24-21-18-15-12-9-6-3)77-71(74)65-62-59-56-53-50-47-44-42-40-37-32-30-28-26-23-20-17-14-11-8-5-2/h7,9-10,12,16,18-19,21,23,25-27,30-33,35-36,39-42,45,48,68H,4-6,8,11,13-15,17,20,22,24,28-29,34,37-38,43-44,46-47,49-67H2,1-3H3/b10-7-,12-9-,19-16-,21-18-,26-23-,27-25-,32-30-,33-31-,36-35-,41-39-,42-40-,48-45-. The number of allylic oxidation sites excluding steroid dienone is 24. The second kappa shape index (κ2) is 63.8. The van der Waals surface area contributed by atoms with Gasteiger partial charge in [-0.25, -0.2) is 0 Å². The molecule has 0 fully saturated rings. The monoisotopic (exact) mass is 1060 g/mol. The third-order valence-electron chi connectivity index (χ3n) is 12.8. The first-order chi connectivity index (χ1) is 38.0. The summed E-state index contributed by atoms with van der Waals surface area (Å²) in [5.41, 5.74) is 0. The highest BCUT2D eigenvalue weighted by atomic mass is 16.6. The Morgan fingerprint density at radius 1 is 0.273 bits per heavy atom. The van der Waals surface area contributed by atoms with Crippen LogP contribution in [-0.4, -0.2) is 37.2 Å². The molecule has 0 heterocycles. The summed E-state index contributed by atoms with van der Waals surface area (Å²) >= 11 is 0. The summed E-state index contributed by atoms with van der Waals surface area (Å²) in [5.74, 6) is -0.965. The van der Waals surface area contributed by atoms with Crippen molar-refractivity contribution >= 4 is 17.9 Å². The molecule has 0 saturated carbocycles. The zero-order valence-electron chi connectivity index (χ0n) is 49.7. The molecule has 0 aromatic heterocycles. The number of ether oxygens (including phenoxy) is 3. The molecular formula is C71H114O6. The average Bonchev–Trinajstić information content (AvgIpc) is 3.43. The molecule has 6 heteroatoms. The van der Waals surface area contributed by atoms with Crippen molar-refractivity contribution in [3.8, 4) is 0 Å². The first-order valence-corrected chi connectivity index (χ1v) is 31.3. The zero-order chi connectivity index (χ0) is 55.7. The summed E-state index contributed by atoms with van der Waals surface area (Å²) in [5, 5.41) is 0. The molecule has 0 aliphatic carbocycles. The quantitative estimate of drug-likeness (QED) is 0.0261. The Kier molecular flexibility index (Phi) is 59.9. The molecule has 0 aliphatic heterocycles. The van der Waals surface area contributed by atoms with Gasteiger partial charge in [-0.2, -0.15) is 0 Å². The SMILES string of the molecule is CC/C=C\C/C=C\C/C=C\C/C=C\C/C=C\C/C=C\CCCCCCCCC(=O)OCC(COC(=O)CCCCC/C=C\C/C=C\C/C=C\CC)OC(=O)CCCCCCCC/C=C\C/C=C\C/C=C\CCCCCCC. The molecule has 0 rings (SSSR count). The maximum atomic E-state index is 12.9. The van der Waals surface area contributed by atoms with E-state index >= 15 is 0 Å². The molecule has 0 spiro atoms. The first kappa shape index (κ1) is 72.3. The lowest BCUT2D eigenvalue weighted by molar-refractivity contribution is -0.167. The van der Waals surface area contributed by atoms with Crippen molar-refractivity contribution < 1.29 is 28.6 Å². The number of hydrogen-bond acceptors (Lipinski definition) is 6. The Morgan fingerprint density at radius 3 is 0.805 bits per heavy atom.